The maximum Gasteiger partial charge on any atom is 0.306 e. The second kappa shape index (κ2) is 4.78. The van der Waals surface area contributed by atoms with Crippen molar-refractivity contribution in [2.45, 2.75) is 39.7 Å². The minimum Gasteiger partial charge on any atom is -0.481 e. The molecule has 0 aliphatic carbocycles. The minimum atomic E-state index is -0.623. The van der Waals surface area contributed by atoms with Gasteiger partial charge >= 0.3 is 5.97 Å². The molecule has 0 unspecified atom stereocenters. The molecule has 0 aromatic carbocycles. The van der Waals surface area contributed by atoms with E-state index in [0.717, 1.165) is 25.9 Å². The molecule has 0 aromatic rings. The Labute approximate surface area is 86.1 Å². The van der Waals surface area contributed by atoms with Gasteiger partial charge in [-0.3, -0.25) is 4.79 Å². The Morgan fingerprint density at radius 2 is 1.79 bits per heavy atom. The SMILES string of the molecule is CC(C)[C@@H](C)N1CCC(C(=O)O)CC1. The number of nitrogens with zero attached hydrogens (tertiary/aromatic N) is 1. The summed E-state index contributed by atoms with van der Waals surface area (Å²) in [6.45, 7) is 8.54. The third-order valence-corrected chi connectivity index (χ3v) is 3.42. The summed E-state index contributed by atoms with van der Waals surface area (Å²) in [7, 11) is 0. The summed E-state index contributed by atoms with van der Waals surface area (Å²) in [5.74, 6) is -0.0798. The highest BCUT2D eigenvalue weighted by Gasteiger charge is 2.27. The van der Waals surface area contributed by atoms with E-state index in [9.17, 15) is 4.79 Å². The molecule has 14 heavy (non-hydrogen) atoms. The smallest absolute Gasteiger partial charge is 0.306 e. The van der Waals surface area contributed by atoms with Gasteiger partial charge in [-0.15, -0.1) is 0 Å². The van der Waals surface area contributed by atoms with Crippen LogP contribution in [0.1, 0.15) is 33.6 Å². The summed E-state index contributed by atoms with van der Waals surface area (Å²) in [4.78, 5) is 13.2. The molecule has 0 amide bonds. The van der Waals surface area contributed by atoms with Crippen molar-refractivity contribution in [3.05, 3.63) is 0 Å². The number of aliphatic carboxylic acids is 1. The van der Waals surface area contributed by atoms with Gasteiger partial charge in [-0.2, -0.15) is 0 Å². The van der Waals surface area contributed by atoms with Crippen molar-refractivity contribution in [1.82, 2.24) is 4.90 Å². The molecule has 1 rings (SSSR count). The summed E-state index contributed by atoms with van der Waals surface area (Å²) >= 11 is 0. The second-order valence-electron chi connectivity index (χ2n) is 4.63. The number of rotatable bonds is 3. The highest BCUT2D eigenvalue weighted by molar-refractivity contribution is 5.70. The number of carboxylic acid groups (broad SMARTS) is 1. The number of hydrogen-bond acceptors (Lipinski definition) is 2. The summed E-state index contributed by atoms with van der Waals surface area (Å²) in [6, 6.07) is 0.574. The molecule has 1 heterocycles. The van der Waals surface area contributed by atoms with Crippen LogP contribution in [-0.2, 0) is 4.79 Å². The summed E-state index contributed by atoms with van der Waals surface area (Å²) < 4.78 is 0. The Balaban J connectivity index is 2.39. The summed E-state index contributed by atoms with van der Waals surface area (Å²) in [6.07, 6.45) is 1.62. The summed E-state index contributed by atoms with van der Waals surface area (Å²) in [5.41, 5.74) is 0. The van der Waals surface area contributed by atoms with Crippen LogP contribution in [0.3, 0.4) is 0 Å². The molecule has 1 atom stereocenters. The zero-order valence-electron chi connectivity index (χ0n) is 9.36. The van der Waals surface area contributed by atoms with Gasteiger partial charge in [0.2, 0.25) is 0 Å². The molecule has 1 saturated heterocycles. The molecule has 1 N–H and O–H groups in total. The molecular weight excluding hydrogens is 178 g/mol. The largest absolute Gasteiger partial charge is 0.481 e. The maximum atomic E-state index is 10.7. The van der Waals surface area contributed by atoms with Crippen molar-refractivity contribution in [3.8, 4) is 0 Å². The fourth-order valence-electron chi connectivity index (χ4n) is 1.98. The van der Waals surface area contributed by atoms with Crippen molar-refractivity contribution in [1.29, 1.82) is 0 Å². The first-order chi connectivity index (χ1) is 6.52. The number of carbonyl (C=O) groups is 1. The zero-order chi connectivity index (χ0) is 10.7. The predicted molar refractivity (Wildman–Crippen MR) is 56.2 cm³/mol. The Morgan fingerprint density at radius 3 is 2.14 bits per heavy atom. The highest BCUT2D eigenvalue weighted by Crippen LogP contribution is 2.21. The van der Waals surface area contributed by atoms with E-state index in [1.54, 1.807) is 0 Å². The second-order valence-corrected chi connectivity index (χ2v) is 4.63. The molecule has 3 nitrogen and oxygen atoms in total. The Kier molecular flexibility index (Phi) is 3.93. The average Bonchev–Trinajstić information content (AvgIpc) is 2.16. The molecular formula is C11H21NO2. The quantitative estimate of drug-likeness (QED) is 0.754. The topological polar surface area (TPSA) is 40.5 Å². The normalized spacial score (nSPS) is 22.6. The van der Waals surface area contributed by atoms with Gasteiger partial charge in [0.15, 0.2) is 0 Å². The van der Waals surface area contributed by atoms with E-state index >= 15 is 0 Å². The van der Waals surface area contributed by atoms with Crippen LogP contribution in [0, 0.1) is 11.8 Å². The average molecular weight is 199 g/mol. The molecule has 82 valence electrons. The van der Waals surface area contributed by atoms with Crippen molar-refractivity contribution in [2.75, 3.05) is 13.1 Å². The monoisotopic (exact) mass is 199 g/mol. The third-order valence-electron chi connectivity index (χ3n) is 3.42. The number of hydrogen-bond donors (Lipinski definition) is 1. The van der Waals surface area contributed by atoms with E-state index in [1.807, 2.05) is 0 Å². The van der Waals surface area contributed by atoms with Gasteiger partial charge in [-0.1, -0.05) is 13.8 Å². The molecule has 1 fully saturated rings. The van der Waals surface area contributed by atoms with E-state index in [2.05, 4.69) is 25.7 Å². The fraction of sp³-hybridized carbons (Fsp3) is 0.909. The first-order valence-corrected chi connectivity index (χ1v) is 5.49. The lowest BCUT2D eigenvalue weighted by molar-refractivity contribution is -0.143. The van der Waals surface area contributed by atoms with E-state index in [1.165, 1.54) is 0 Å². The van der Waals surface area contributed by atoms with Crippen molar-refractivity contribution in [3.63, 3.8) is 0 Å². The Morgan fingerprint density at radius 1 is 1.29 bits per heavy atom. The fourth-order valence-corrected chi connectivity index (χ4v) is 1.98. The first kappa shape index (κ1) is 11.5. The van der Waals surface area contributed by atoms with E-state index in [-0.39, 0.29) is 5.92 Å². The van der Waals surface area contributed by atoms with Gasteiger partial charge in [0.1, 0.15) is 0 Å². The highest BCUT2D eigenvalue weighted by atomic mass is 16.4. The molecule has 0 radical (unpaired) electrons. The molecule has 0 aromatic heterocycles. The molecule has 0 saturated carbocycles. The van der Waals surface area contributed by atoms with Crippen LogP contribution in [0.25, 0.3) is 0 Å². The zero-order valence-corrected chi connectivity index (χ0v) is 9.36. The van der Waals surface area contributed by atoms with Gasteiger partial charge in [-0.05, 0) is 38.8 Å². The van der Waals surface area contributed by atoms with Crippen LogP contribution >= 0.6 is 0 Å². The van der Waals surface area contributed by atoms with Gasteiger partial charge in [0.05, 0.1) is 5.92 Å². The van der Waals surface area contributed by atoms with Crippen molar-refractivity contribution < 1.29 is 9.90 Å². The predicted octanol–water partition coefficient (Wildman–Crippen LogP) is 1.83. The standard InChI is InChI=1S/C11H21NO2/c1-8(2)9(3)12-6-4-10(5-7-12)11(13)14/h8-10H,4-7H2,1-3H3,(H,13,14)/t9-/m1/s1. The van der Waals surface area contributed by atoms with Crippen molar-refractivity contribution in [2.24, 2.45) is 11.8 Å². The number of piperidine rings is 1. The number of carboxylic acids is 1. The lowest BCUT2D eigenvalue weighted by Gasteiger charge is -2.36. The van der Waals surface area contributed by atoms with Gasteiger partial charge < -0.3 is 10.0 Å². The molecule has 3 heteroatoms. The Bertz CT molecular complexity index is 195. The van der Waals surface area contributed by atoms with Crippen LogP contribution in [0.5, 0.6) is 0 Å². The molecule has 0 bridgehead atoms. The molecule has 1 aliphatic heterocycles. The van der Waals surface area contributed by atoms with Crippen LogP contribution in [0.4, 0.5) is 0 Å². The molecule has 0 spiro atoms. The lowest BCUT2D eigenvalue weighted by Crippen LogP contribution is -2.43. The van der Waals surface area contributed by atoms with Crippen molar-refractivity contribution >= 4 is 5.97 Å². The van der Waals surface area contributed by atoms with E-state index in [0.29, 0.717) is 12.0 Å². The van der Waals surface area contributed by atoms with Gasteiger partial charge in [-0.25, -0.2) is 0 Å². The minimum absolute atomic E-state index is 0.106. The van der Waals surface area contributed by atoms with Crippen LogP contribution in [-0.4, -0.2) is 35.1 Å². The lowest BCUT2D eigenvalue weighted by atomic mass is 9.94. The third kappa shape index (κ3) is 2.71. The van der Waals surface area contributed by atoms with Crippen LogP contribution < -0.4 is 0 Å². The van der Waals surface area contributed by atoms with Gasteiger partial charge in [0.25, 0.3) is 0 Å². The van der Waals surface area contributed by atoms with E-state index in [4.69, 9.17) is 5.11 Å². The first-order valence-electron chi connectivity index (χ1n) is 5.49. The van der Waals surface area contributed by atoms with Crippen LogP contribution in [0.2, 0.25) is 0 Å². The van der Waals surface area contributed by atoms with E-state index < -0.39 is 5.97 Å². The summed E-state index contributed by atoms with van der Waals surface area (Å²) in [5, 5.41) is 8.85. The van der Waals surface area contributed by atoms with Gasteiger partial charge in [0, 0.05) is 6.04 Å². The number of likely N-dealkylation sites (tertiary alicyclic amines) is 1. The maximum absolute atomic E-state index is 10.7. The Hall–Kier alpha value is -0.570. The van der Waals surface area contributed by atoms with Crippen LogP contribution in [0.15, 0.2) is 0 Å². The molecule has 1 aliphatic rings.